The molecule has 0 radical (unpaired) electrons. The van der Waals surface area contributed by atoms with E-state index in [2.05, 4.69) is 16.7 Å². The standard InChI is InChI=1S/C17H30N2O/c1-3-4-9-16-15-8-6-11-18-10-5-7-14(17(15)18)12-19(16)13(2)20/h14-17H,3-12H2,1-2H3/t14-,15-,16?,17?/m1/s1. The number of nitrogens with zero attached hydrogens (tertiary/aromatic N) is 2. The van der Waals surface area contributed by atoms with Crippen LogP contribution in [0.4, 0.5) is 0 Å². The molecule has 0 aromatic heterocycles. The van der Waals surface area contributed by atoms with Gasteiger partial charge in [-0.1, -0.05) is 19.8 Å². The van der Waals surface area contributed by atoms with Gasteiger partial charge in [-0.3, -0.25) is 9.69 Å². The molecule has 3 heterocycles. The molecular weight excluding hydrogens is 248 g/mol. The van der Waals surface area contributed by atoms with Crippen molar-refractivity contribution in [2.75, 3.05) is 19.6 Å². The molecule has 0 spiro atoms. The van der Waals surface area contributed by atoms with E-state index >= 15 is 0 Å². The van der Waals surface area contributed by atoms with Gasteiger partial charge >= 0.3 is 0 Å². The Balaban J connectivity index is 1.83. The van der Waals surface area contributed by atoms with Crippen LogP contribution in [0.5, 0.6) is 0 Å². The molecule has 3 saturated heterocycles. The van der Waals surface area contributed by atoms with Crippen molar-refractivity contribution in [2.45, 2.75) is 70.9 Å². The molecule has 0 aliphatic carbocycles. The maximum Gasteiger partial charge on any atom is 0.219 e. The highest BCUT2D eigenvalue weighted by atomic mass is 16.2. The van der Waals surface area contributed by atoms with Gasteiger partial charge < -0.3 is 4.90 Å². The number of piperidine rings is 3. The Morgan fingerprint density at radius 3 is 2.65 bits per heavy atom. The van der Waals surface area contributed by atoms with Crippen LogP contribution < -0.4 is 0 Å². The van der Waals surface area contributed by atoms with E-state index in [1.807, 2.05) is 0 Å². The van der Waals surface area contributed by atoms with Crippen LogP contribution in [0.25, 0.3) is 0 Å². The molecule has 3 aliphatic rings. The predicted molar refractivity (Wildman–Crippen MR) is 81.5 cm³/mol. The highest BCUT2D eigenvalue weighted by molar-refractivity contribution is 5.73. The first kappa shape index (κ1) is 14.4. The van der Waals surface area contributed by atoms with E-state index in [1.165, 1.54) is 58.0 Å². The first-order valence-corrected chi connectivity index (χ1v) is 8.73. The van der Waals surface area contributed by atoms with Gasteiger partial charge in [0, 0.05) is 25.6 Å². The number of unbranched alkanes of at least 4 members (excludes halogenated alkanes) is 1. The number of hydrogen-bond donors (Lipinski definition) is 0. The Morgan fingerprint density at radius 1 is 1.20 bits per heavy atom. The second kappa shape index (κ2) is 6.05. The Bertz CT molecular complexity index is 355. The van der Waals surface area contributed by atoms with Gasteiger partial charge in [0.15, 0.2) is 0 Å². The lowest BCUT2D eigenvalue weighted by Gasteiger charge is -2.57. The number of carbonyl (C=O) groups excluding carboxylic acids is 1. The van der Waals surface area contributed by atoms with E-state index in [-0.39, 0.29) is 0 Å². The van der Waals surface area contributed by atoms with Crippen LogP contribution in [0.15, 0.2) is 0 Å². The molecule has 0 N–H and O–H groups in total. The largest absolute Gasteiger partial charge is 0.339 e. The molecule has 3 rings (SSSR count). The zero-order valence-electron chi connectivity index (χ0n) is 13.2. The summed E-state index contributed by atoms with van der Waals surface area (Å²) in [6, 6.07) is 1.31. The van der Waals surface area contributed by atoms with E-state index in [0.29, 0.717) is 11.9 Å². The Morgan fingerprint density at radius 2 is 1.95 bits per heavy atom. The van der Waals surface area contributed by atoms with Crippen molar-refractivity contribution >= 4 is 5.91 Å². The molecule has 2 unspecified atom stereocenters. The summed E-state index contributed by atoms with van der Waals surface area (Å²) in [6.45, 7) is 7.68. The van der Waals surface area contributed by atoms with Gasteiger partial charge in [0.05, 0.1) is 0 Å². The summed E-state index contributed by atoms with van der Waals surface area (Å²) in [5.41, 5.74) is 0. The second-order valence-corrected chi connectivity index (χ2v) is 7.12. The fourth-order valence-corrected chi connectivity index (χ4v) is 5.14. The summed E-state index contributed by atoms with van der Waals surface area (Å²) in [4.78, 5) is 17.1. The third kappa shape index (κ3) is 2.49. The van der Waals surface area contributed by atoms with Crippen LogP contribution in [0, 0.1) is 11.8 Å². The zero-order valence-corrected chi connectivity index (χ0v) is 13.2. The van der Waals surface area contributed by atoms with Crippen molar-refractivity contribution in [3.8, 4) is 0 Å². The van der Waals surface area contributed by atoms with Gasteiger partial charge in [0.2, 0.25) is 5.91 Å². The first-order chi connectivity index (χ1) is 9.72. The molecule has 20 heavy (non-hydrogen) atoms. The molecule has 1 amide bonds. The molecular formula is C17H30N2O. The predicted octanol–water partition coefficient (Wildman–Crippen LogP) is 2.90. The van der Waals surface area contributed by atoms with Crippen molar-refractivity contribution in [3.63, 3.8) is 0 Å². The van der Waals surface area contributed by atoms with Crippen molar-refractivity contribution in [1.29, 1.82) is 0 Å². The maximum absolute atomic E-state index is 12.1. The SMILES string of the molecule is CCCCC1[C@H]2CCCN3CCC[C@H](CN1C(C)=O)C23. The summed E-state index contributed by atoms with van der Waals surface area (Å²) >= 11 is 0. The Labute approximate surface area is 123 Å². The third-order valence-corrected chi connectivity index (χ3v) is 5.93. The van der Waals surface area contributed by atoms with Crippen LogP contribution >= 0.6 is 0 Å². The minimum atomic E-state index is 0.312. The lowest BCUT2D eigenvalue weighted by molar-refractivity contribution is -0.144. The van der Waals surface area contributed by atoms with Gasteiger partial charge in [-0.05, 0) is 57.0 Å². The summed E-state index contributed by atoms with van der Waals surface area (Å²) in [5.74, 6) is 1.81. The molecule has 3 nitrogen and oxygen atoms in total. The monoisotopic (exact) mass is 278 g/mol. The summed E-state index contributed by atoms with van der Waals surface area (Å²) in [7, 11) is 0. The Hall–Kier alpha value is -0.570. The second-order valence-electron chi connectivity index (χ2n) is 7.12. The molecule has 0 bridgehead atoms. The van der Waals surface area contributed by atoms with Crippen LogP contribution in [-0.2, 0) is 4.79 Å². The van der Waals surface area contributed by atoms with Crippen LogP contribution in [0.1, 0.15) is 58.8 Å². The average Bonchev–Trinajstić information content (AvgIpc) is 2.46. The molecule has 0 aromatic carbocycles. The van der Waals surface area contributed by atoms with Gasteiger partial charge in [-0.2, -0.15) is 0 Å². The molecule has 0 aromatic rings. The Kier molecular flexibility index (Phi) is 4.34. The minimum absolute atomic E-state index is 0.312. The van der Waals surface area contributed by atoms with E-state index < -0.39 is 0 Å². The number of carbonyl (C=O) groups is 1. The summed E-state index contributed by atoms with van der Waals surface area (Å²) in [5, 5.41) is 0. The summed E-state index contributed by atoms with van der Waals surface area (Å²) in [6.07, 6.45) is 9.08. The highest BCUT2D eigenvalue weighted by Crippen LogP contribution is 2.43. The fraction of sp³-hybridized carbons (Fsp3) is 0.941. The average molecular weight is 278 g/mol. The van der Waals surface area contributed by atoms with E-state index in [4.69, 9.17) is 0 Å². The van der Waals surface area contributed by atoms with E-state index in [9.17, 15) is 4.79 Å². The van der Waals surface area contributed by atoms with Crippen LogP contribution in [0.3, 0.4) is 0 Å². The summed E-state index contributed by atoms with van der Waals surface area (Å²) < 4.78 is 0. The topological polar surface area (TPSA) is 23.6 Å². The van der Waals surface area contributed by atoms with Crippen molar-refractivity contribution in [3.05, 3.63) is 0 Å². The minimum Gasteiger partial charge on any atom is -0.339 e. The van der Waals surface area contributed by atoms with Gasteiger partial charge in [-0.15, -0.1) is 0 Å². The molecule has 3 fully saturated rings. The van der Waals surface area contributed by atoms with Gasteiger partial charge in [0.1, 0.15) is 0 Å². The number of likely N-dealkylation sites (tertiary alicyclic amines) is 1. The number of hydrogen-bond acceptors (Lipinski definition) is 2. The molecule has 4 atom stereocenters. The van der Waals surface area contributed by atoms with Crippen LogP contribution in [0.2, 0.25) is 0 Å². The third-order valence-electron chi connectivity index (χ3n) is 5.93. The lowest BCUT2D eigenvalue weighted by atomic mass is 9.69. The molecule has 3 heteroatoms. The zero-order chi connectivity index (χ0) is 14.1. The smallest absolute Gasteiger partial charge is 0.219 e. The maximum atomic E-state index is 12.1. The molecule has 3 aliphatic heterocycles. The highest BCUT2D eigenvalue weighted by Gasteiger charge is 2.48. The molecule has 114 valence electrons. The first-order valence-electron chi connectivity index (χ1n) is 8.73. The number of rotatable bonds is 3. The normalized spacial score (nSPS) is 37.6. The van der Waals surface area contributed by atoms with E-state index in [0.717, 1.165) is 24.4 Å². The van der Waals surface area contributed by atoms with Crippen molar-refractivity contribution in [1.82, 2.24) is 9.80 Å². The fourth-order valence-electron chi connectivity index (χ4n) is 5.14. The lowest BCUT2D eigenvalue weighted by Crippen LogP contribution is -2.65. The van der Waals surface area contributed by atoms with E-state index in [1.54, 1.807) is 6.92 Å². The molecule has 0 saturated carbocycles. The quantitative estimate of drug-likeness (QED) is 0.792. The van der Waals surface area contributed by atoms with Crippen molar-refractivity contribution < 1.29 is 4.79 Å². The van der Waals surface area contributed by atoms with Gasteiger partial charge in [-0.25, -0.2) is 0 Å². The van der Waals surface area contributed by atoms with Crippen LogP contribution in [-0.4, -0.2) is 47.4 Å². The van der Waals surface area contributed by atoms with Crippen molar-refractivity contribution in [2.24, 2.45) is 11.8 Å². The number of amides is 1. The van der Waals surface area contributed by atoms with Gasteiger partial charge in [0.25, 0.3) is 0 Å².